The van der Waals surface area contributed by atoms with Crippen LogP contribution in [0.4, 0.5) is 0 Å². The second kappa shape index (κ2) is 7.98. The lowest BCUT2D eigenvalue weighted by atomic mass is 10.2. The summed E-state index contributed by atoms with van der Waals surface area (Å²) in [5, 5.41) is 5.04. The van der Waals surface area contributed by atoms with Crippen molar-refractivity contribution >= 4 is 46.7 Å². The quantitative estimate of drug-likeness (QED) is 0.488. The highest BCUT2D eigenvalue weighted by molar-refractivity contribution is 7.80. The minimum Gasteiger partial charge on any atom is -0.488 e. The standard InChI is InChI=1S/C15H13Cl2N3OS/c16-12-6-5-10(7-13(12)17)9-21-14-4-2-1-3-11(14)8-19-20-15(18)22/h1-8H,9H2,(H3,18,20,22). The number of nitrogens with one attached hydrogen (secondary N) is 1. The first-order valence-corrected chi connectivity index (χ1v) is 7.47. The van der Waals surface area contributed by atoms with E-state index in [2.05, 4.69) is 22.7 Å². The van der Waals surface area contributed by atoms with E-state index in [0.717, 1.165) is 11.1 Å². The maximum absolute atomic E-state index is 5.98. The highest BCUT2D eigenvalue weighted by Gasteiger charge is 2.03. The molecule has 0 heterocycles. The van der Waals surface area contributed by atoms with Gasteiger partial charge in [-0.3, -0.25) is 5.43 Å². The summed E-state index contributed by atoms with van der Waals surface area (Å²) in [7, 11) is 0. The Hall–Kier alpha value is -1.82. The van der Waals surface area contributed by atoms with Gasteiger partial charge in [-0.2, -0.15) is 5.10 Å². The summed E-state index contributed by atoms with van der Waals surface area (Å²) in [5.41, 5.74) is 9.52. The largest absolute Gasteiger partial charge is 0.488 e. The van der Waals surface area contributed by atoms with Crippen molar-refractivity contribution in [3.05, 3.63) is 63.6 Å². The van der Waals surface area contributed by atoms with Gasteiger partial charge in [-0.1, -0.05) is 41.4 Å². The molecule has 0 aromatic heterocycles. The molecule has 0 bridgehead atoms. The van der Waals surface area contributed by atoms with Gasteiger partial charge in [0.15, 0.2) is 5.11 Å². The first-order valence-electron chi connectivity index (χ1n) is 6.30. The van der Waals surface area contributed by atoms with Gasteiger partial charge >= 0.3 is 0 Å². The maximum Gasteiger partial charge on any atom is 0.184 e. The van der Waals surface area contributed by atoms with E-state index in [4.69, 9.17) is 33.7 Å². The van der Waals surface area contributed by atoms with E-state index in [1.165, 1.54) is 0 Å². The van der Waals surface area contributed by atoms with Crippen LogP contribution in [-0.4, -0.2) is 11.3 Å². The van der Waals surface area contributed by atoms with Crippen LogP contribution in [0.3, 0.4) is 0 Å². The summed E-state index contributed by atoms with van der Waals surface area (Å²) in [5.74, 6) is 0.682. The second-order valence-corrected chi connectivity index (χ2v) is 5.56. The first kappa shape index (κ1) is 16.5. The zero-order valence-corrected chi connectivity index (χ0v) is 13.8. The SMILES string of the molecule is NC(=S)NN=Cc1ccccc1OCc1ccc(Cl)c(Cl)c1. The van der Waals surface area contributed by atoms with Crippen LogP contribution in [0.5, 0.6) is 5.75 Å². The fourth-order valence-corrected chi connectivity index (χ4v) is 2.05. The van der Waals surface area contributed by atoms with Gasteiger partial charge < -0.3 is 10.5 Å². The molecule has 0 aliphatic heterocycles. The highest BCUT2D eigenvalue weighted by Crippen LogP contribution is 2.24. The van der Waals surface area contributed by atoms with Crippen molar-refractivity contribution in [3.63, 3.8) is 0 Å². The number of nitrogens with zero attached hydrogens (tertiary/aromatic N) is 1. The molecule has 0 spiro atoms. The maximum atomic E-state index is 5.98. The minimum atomic E-state index is 0.102. The summed E-state index contributed by atoms with van der Waals surface area (Å²) >= 11 is 16.6. The van der Waals surface area contributed by atoms with E-state index >= 15 is 0 Å². The summed E-state index contributed by atoms with van der Waals surface area (Å²) in [6, 6.07) is 12.8. The third-order valence-corrected chi connectivity index (χ3v) is 3.51. The second-order valence-electron chi connectivity index (χ2n) is 4.31. The Balaban J connectivity index is 2.07. The average Bonchev–Trinajstić information content (AvgIpc) is 2.49. The van der Waals surface area contributed by atoms with Crippen LogP contribution in [0.15, 0.2) is 47.6 Å². The molecule has 2 rings (SSSR count). The number of hydrazone groups is 1. The number of halogens is 2. The summed E-state index contributed by atoms with van der Waals surface area (Å²) in [6.07, 6.45) is 1.59. The monoisotopic (exact) mass is 353 g/mol. The van der Waals surface area contributed by atoms with Crippen LogP contribution in [0, 0.1) is 0 Å². The van der Waals surface area contributed by atoms with Crippen LogP contribution < -0.4 is 15.9 Å². The van der Waals surface area contributed by atoms with E-state index in [-0.39, 0.29) is 5.11 Å². The van der Waals surface area contributed by atoms with Gasteiger partial charge in [0.2, 0.25) is 0 Å². The normalized spacial score (nSPS) is 10.6. The molecule has 2 aromatic carbocycles. The molecule has 0 amide bonds. The highest BCUT2D eigenvalue weighted by atomic mass is 35.5. The molecule has 114 valence electrons. The molecule has 2 aromatic rings. The molecule has 0 aliphatic carbocycles. The van der Waals surface area contributed by atoms with E-state index in [0.29, 0.717) is 22.4 Å². The Bertz CT molecular complexity index is 707. The van der Waals surface area contributed by atoms with Crippen molar-refractivity contribution in [2.45, 2.75) is 6.61 Å². The molecule has 3 N–H and O–H groups in total. The number of rotatable bonds is 5. The Morgan fingerprint density at radius 3 is 2.73 bits per heavy atom. The Morgan fingerprint density at radius 2 is 2.00 bits per heavy atom. The molecule has 0 saturated carbocycles. The number of hydrogen-bond acceptors (Lipinski definition) is 3. The fourth-order valence-electron chi connectivity index (χ4n) is 1.67. The molecule has 0 fully saturated rings. The third-order valence-electron chi connectivity index (χ3n) is 2.68. The lowest BCUT2D eigenvalue weighted by Crippen LogP contribution is -2.24. The van der Waals surface area contributed by atoms with Gasteiger partial charge in [-0.15, -0.1) is 0 Å². The lowest BCUT2D eigenvalue weighted by molar-refractivity contribution is 0.306. The van der Waals surface area contributed by atoms with Gasteiger partial charge in [-0.05, 0) is 42.0 Å². The smallest absolute Gasteiger partial charge is 0.184 e. The number of para-hydroxylation sites is 1. The molecule has 7 heteroatoms. The molecule has 0 saturated heterocycles. The predicted octanol–water partition coefficient (Wildman–Crippen LogP) is 3.74. The third kappa shape index (κ3) is 4.87. The molecule has 22 heavy (non-hydrogen) atoms. The van der Waals surface area contributed by atoms with Gasteiger partial charge in [0, 0.05) is 5.56 Å². The van der Waals surface area contributed by atoms with Crippen molar-refractivity contribution in [1.82, 2.24) is 5.43 Å². The van der Waals surface area contributed by atoms with Crippen LogP contribution in [0.25, 0.3) is 0 Å². The zero-order chi connectivity index (χ0) is 15.9. The number of nitrogens with two attached hydrogens (primary N) is 1. The summed E-state index contributed by atoms with van der Waals surface area (Å²) in [4.78, 5) is 0. The fraction of sp³-hybridized carbons (Fsp3) is 0.0667. The van der Waals surface area contributed by atoms with Crippen LogP contribution in [-0.2, 0) is 6.61 Å². The average molecular weight is 354 g/mol. The summed E-state index contributed by atoms with van der Waals surface area (Å²) < 4.78 is 5.79. The Morgan fingerprint density at radius 1 is 1.23 bits per heavy atom. The van der Waals surface area contributed by atoms with Crippen molar-refractivity contribution < 1.29 is 4.74 Å². The molecule has 0 radical (unpaired) electrons. The Kier molecular flexibility index (Phi) is 6.00. The first-order chi connectivity index (χ1) is 10.6. The van der Waals surface area contributed by atoms with E-state index in [1.807, 2.05) is 30.3 Å². The minimum absolute atomic E-state index is 0.102. The Labute approximate surface area is 143 Å². The molecule has 0 unspecified atom stereocenters. The van der Waals surface area contributed by atoms with E-state index in [9.17, 15) is 0 Å². The van der Waals surface area contributed by atoms with Gasteiger partial charge in [0.05, 0.1) is 16.3 Å². The number of thiocarbonyl (C=S) groups is 1. The molecule has 0 atom stereocenters. The van der Waals surface area contributed by atoms with Crippen molar-refractivity contribution in [2.75, 3.05) is 0 Å². The zero-order valence-electron chi connectivity index (χ0n) is 11.4. The topological polar surface area (TPSA) is 59.6 Å². The van der Waals surface area contributed by atoms with E-state index in [1.54, 1.807) is 18.3 Å². The summed E-state index contributed by atoms with van der Waals surface area (Å²) in [6.45, 7) is 0.366. The number of benzene rings is 2. The van der Waals surface area contributed by atoms with E-state index < -0.39 is 0 Å². The molecular weight excluding hydrogens is 341 g/mol. The van der Waals surface area contributed by atoms with Crippen molar-refractivity contribution in [2.24, 2.45) is 10.8 Å². The van der Waals surface area contributed by atoms with Crippen molar-refractivity contribution in [1.29, 1.82) is 0 Å². The van der Waals surface area contributed by atoms with Gasteiger partial charge in [0.1, 0.15) is 12.4 Å². The number of ether oxygens (including phenoxy) is 1. The van der Waals surface area contributed by atoms with Crippen LogP contribution >= 0.6 is 35.4 Å². The van der Waals surface area contributed by atoms with Crippen LogP contribution in [0.1, 0.15) is 11.1 Å². The molecular formula is C15H13Cl2N3OS. The molecule has 0 aliphatic rings. The molecule has 4 nitrogen and oxygen atoms in total. The lowest BCUT2D eigenvalue weighted by Gasteiger charge is -2.09. The predicted molar refractivity (Wildman–Crippen MR) is 94.8 cm³/mol. The van der Waals surface area contributed by atoms with Crippen LogP contribution in [0.2, 0.25) is 10.0 Å². The van der Waals surface area contributed by atoms with Gasteiger partial charge in [0.25, 0.3) is 0 Å². The number of hydrogen-bond donors (Lipinski definition) is 2. The van der Waals surface area contributed by atoms with Gasteiger partial charge in [-0.25, -0.2) is 0 Å². The van der Waals surface area contributed by atoms with Crippen molar-refractivity contribution in [3.8, 4) is 5.75 Å².